The SMILES string of the molecule is Cc1cccc(CCC(=O)Nc2ccc3c(c2)n(C)c(=O)n3C)c1. The highest BCUT2D eigenvalue weighted by atomic mass is 16.2. The summed E-state index contributed by atoms with van der Waals surface area (Å²) in [5, 5.41) is 2.91. The summed E-state index contributed by atoms with van der Waals surface area (Å²) >= 11 is 0. The van der Waals surface area contributed by atoms with Gasteiger partial charge in [0.15, 0.2) is 0 Å². The lowest BCUT2D eigenvalue weighted by atomic mass is 10.1. The van der Waals surface area contributed by atoms with Gasteiger partial charge >= 0.3 is 5.69 Å². The summed E-state index contributed by atoms with van der Waals surface area (Å²) in [7, 11) is 3.47. The summed E-state index contributed by atoms with van der Waals surface area (Å²) in [4.78, 5) is 24.1. The van der Waals surface area contributed by atoms with Gasteiger partial charge in [-0.25, -0.2) is 4.79 Å². The van der Waals surface area contributed by atoms with Crippen LogP contribution in [0.3, 0.4) is 0 Å². The highest BCUT2D eigenvalue weighted by Crippen LogP contribution is 2.18. The van der Waals surface area contributed by atoms with E-state index < -0.39 is 0 Å². The van der Waals surface area contributed by atoms with Crippen molar-refractivity contribution in [1.82, 2.24) is 9.13 Å². The molecule has 3 rings (SSSR count). The van der Waals surface area contributed by atoms with Crippen LogP contribution in [0.15, 0.2) is 47.3 Å². The van der Waals surface area contributed by atoms with Gasteiger partial charge in [-0.3, -0.25) is 13.9 Å². The third-order valence-electron chi connectivity index (χ3n) is 4.28. The number of carbonyl (C=O) groups is 1. The number of nitrogens with zero attached hydrogens (tertiary/aromatic N) is 2. The first-order valence-corrected chi connectivity index (χ1v) is 7.96. The van der Waals surface area contributed by atoms with Crippen LogP contribution in [0.5, 0.6) is 0 Å². The molecule has 124 valence electrons. The maximum absolute atomic E-state index is 12.2. The van der Waals surface area contributed by atoms with Crippen LogP contribution in [0.2, 0.25) is 0 Å². The predicted octanol–water partition coefficient (Wildman–Crippen LogP) is 2.76. The Morgan fingerprint density at radius 3 is 2.54 bits per heavy atom. The van der Waals surface area contributed by atoms with Crippen LogP contribution in [0.1, 0.15) is 17.5 Å². The van der Waals surface area contributed by atoms with E-state index in [2.05, 4.69) is 11.4 Å². The molecule has 0 radical (unpaired) electrons. The minimum atomic E-state index is -0.0760. The number of hydrogen-bond donors (Lipinski definition) is 1. The van der Waals surface area contributed by atoms with Gasteiger partial charge in [-0.05, 0) is 37.1 Å². The number of aryl methyl sites for hydroxylation is 4. The zero-order chi connectivity index (χ0) is 17.3. The number of amides is 1. The highest BCUT2D eigenvalue weighted by Gasteiger charge is 2.09. The first-order chi connectivity index (χ1) is 11.5. The molecule has 1 aromatic heterocycles. The quantitative estimate of drug-likeness (QED) is 0.802. The molecule has 0 unspecified atom stereocenters. The van der Waals surface area contributed by atoms with E-state index >= 15 is 0 Å². The number of benzene rings is 2. The van der Waals surface area contributed by atoms with E-state index in [1.807, 2.05) is 43.3 Å². The van der Waals surface area contributed by atoms with E-state index in [-0.39, 0.29) is 11.6 Å². The maximum Gasteiger partial charge on any atom is 0.328 e. The molecular weight excluding hydrogens is 302 g/mol. The van der Waals surface area contributed by atoms with Crippen LogP contribution in [0, 0.1) is 6.92 Å². The molecule has 0 aliphatic carbocycles. The Hall–Kier alpha value is -2.82. The summed E-state index contributed by atoms with van der Waals surface area (Å²) in [6.07, 6.45) is 1.13. The molecular formula is C19H21N3O2. The third-order valence-corrected chi connectivity index (χ3v) is 4.28. The average molecular weight is 323 g/mol. The number of carbonyl (C=O) groups excluding carboxylic acids is 1. The lowest BCUT2D eigenvalue weighted by Crippen LogP contribution is -2.19. The first-order valence-electron chi connectivity index (χ1n) is 7.96. The third kappa shape index (κ3) is 3.11. The van der Waals surface area contributed by atoms with Gasteiger partial charge in [0.05, 0.1) is 11.0 Å². The van der Waals surface area contributed by atoms with Gasteiger partial charge < -0.3 is 5.32 Å². The van der Waals surface area contributed by atoms with Crippen LogP contribution >= 0.6 is 0 Å². The second kappa shape index (κ2) is 6.35. The molecule has 0 aliphatic rings. The fourth-order valence-corrected chi connectivity index (χ4v) is 2.93. The molecule has 5 heteroatoms. The Labute approximate surface area is 140 Å². The van der Waals surface area contributed by atoms with Crippen molar-refractivity contribution in [3.05, 3.63) is 64.1 Å². The summed E-state index contributed by atoms with van der Waals surface area (Å²) in [6, 6.07) is 13.7. The molecule has 3 aromatic rings. The number of rotatable bonds is 4. The second-order valence-corrected chi connectivity index (χ2v) is 6.14. The summed E-state index contributed by atoms with van der Waals surface area (Å²) < 4.78 is 3.18. The van der Waals surface area contributed by atoms with Crippen molar-refractivity contribution in [3.8, 4) is 0 Å². The zero-order valence-electron chi connectivity index (χ0n) is 14.2. The molecule has 0 aliphatic heterocycles. The standard InChI is InChI=1S/C19H21N3O2/c1-13-5-4-6-14(11-13)7-10-18(23)20-15-8-9-16-17(12-15)22(3)19(24)21(16)2/h4-6,8-9,11-12H,7,10H2,1-3H3,(H,20,23). The van der Waals surface area contributed by atoms with Gasteiger partial charge in [-0.1, -0.05) is 29.8 Å². The number of anilines is 1. The lowest BCUT2D eigenvalue weighted by Gasteiger charge is -2.07. The smallest absolute Gasteiger partial charge is 0.326 e. The molecule has 0 bridgehead atoms. The predicted molar refractivity (Wildman–Crippen MR) is 96.3 cm³/mol. The van der Waals surface area contributed by atoms with E-state index in [0.29, 0.717) is 18.5 Å². The molecule has 2 aromatic carbocycles. The minimum Gasteiger partial charge on any atom is -0.326 e. The Morgan fingerprint density at radius 1 is 1.04 bits per heavy atom. The lowest BCUT2D eigenvalue weighted by molar-refractivity contribution is -0.116. The molecule has 5 nitrogen and oxygen atoms in total. The Bertz CT molecular complexity index is 966. The van der Waals surface area contributed by atoms with Gasteiger partial charge in [0, 0.05) is 26.2 Å². The Morgan fingerprint density at radius 2 is 1.79 bits per heavy atom. The molecule has 1 heterocycles. The Kier molecular flexibility index (Phi) is 4.25. The molecule has 1 N–H and O–H groups in total. The van der Waals surface area contributed by atoms with Crippen LogP contribution < -0.4 is 11.0 Å². The van der Waals surface area contributed by atoms with Gasteiger partial charge in [-0.2, -0.15) is 0 Å². The van der Waals surface area contributed by atoms with E-state index in [4.69, 9.17) is 0 Å². The topological polar surface area (TPSA) is 56.0 Å². The van der Waals surface area contributed by atoms with Crippen LogP contribution in [0.25, 0.3) is 11.0 Å². The van der Waals surface area contributed by atoms with Gasteiger partial charge in [0.25, 0.3) is 0 Å². The molecule has 0 fully saturated rings. The molecule has 0 saturated heterocycles. The summed E-state index contributed by atoms with van der Waals surface area (Å²) in [6.45, 7) is 2.04. The monoisotopic (exact) mass is 323 g/mol. The fourth-order valence-electron chi connectivity index (χ4n) is 2.93. The average Bonchev–Trinajstić information content (AvgIpc) is 2.77. The van der Waals surface area contributed by atoms with E-state index in [0.717, 1.165) is 16.6 Å². The molecule has 0 saturated carbocycles. The number of fused-ring (bicyclic) bond motifs is 1. The van der Waals surface area contributed by atoms with Crippen molar-refractivity contribution in [2.24, 2.45) is 14.1 Å². The van der Waals surface area contributed by atoms with Crippen molar-refractivity contribution in [2.75, 3.05) is 5.32 Å². The Balaban J connectivity index is 1.71. The van der Waals surface area contributed by atoms with E-state index in [9.17, 15) is 9.59 Å². The number of hydrogen-bond acceptors (Lipinski definition) is 2. The summed E-state index contributed by atoms with van der Waals surface area (Å²) in [5.74, 6) is -0.0308. The largest absolute Gasteiger partial charge is 0.328 e. The first kappa shape index (κ1) is 16.1. The molecule has 0 spiro atoms. The van der Waals surface area contributed by atoms with Crippen LogP contribution in [-0.4, -0.2) is 15.0 Å². The highest BCUT2D eigenvalue weighted by molar-refractivity contribution is 5.93. The zero-order valence-corrected chi connectivity index (χ0v) is 14.2. The number of nitrogens with one attached hydrogen (secondary N) is 1. The van der Waals surface area contributed by atoms with Crippen molar-refractivity contribution in [3.63, 3.8) is 0 Å². The van der Waals surface area contributed by atoms with E-state index in [1.165, 1.54) is 5.56 Å². The molecule has 0 atom stereocenters. The van der Waals surface area contributed by atoms with Gasteiger partial charge in [-0.15, -0.1) is 0 Å². The molecule has 1 amide bonds. The minimum absolute atomic E-state index is 0.0308. The number of aromatic nitrogens is 2. The van der Waals surface area contributed by atoms with Crippen molar-refractivity contribution in [2.45, 2.75) is 19.8 Å². The second-order valence-electron chi connectivity index (χ2n) is 6.14. The molecule has 24 heavy (non-hydrogen) atoms. The number of imidazole rings is 1. The van der Waals surface area contributed by atoms with Gasteiger partial charge in [0.1, 0.15) is 0 Å². The van der Waals surface area contributed by atoms with Crippen molar-refractivity contribution >= 4 is 22.6 Å². The maximum atomic E-state index is 12.2. The van der Waals surface area contributed by atoms with Gasteiger partial charge in [0.2, 0.25) is 5.91 Å². The van der Waals surface area contributed by atoms with Crippen LogP contribution in [0.4, 0.5) is 5.69 Å². The normalized spacial score (nSPS) is 11.0. The van der Waals surface area contributed by atoms with Crippen molar-refractivity contribution < 1.29 is 4.79 Å². The van der Waals surface area contributed by atoms with Crippen LogP contribution in [-0.2, 0) is 25.3 Å². The fraction of sp³-hybridized carbons (Fsp3) is 0.263. The summed E-state index contributed by atoms with van der Waals surface area (Å²) in [5.41, 5.74) is 4.64. The van der Waals surface area contributed by atoms with Crippen molar-refractivity contribution in [1.29, 1.82) is 0 Å². The van der Waals surface area contributed by atoms with E-state index in [1.54, 1.807) is 23.2 Å².